The number of halogens is 2. The van der Waals surface area contributed by atoms with Crippen molar-refractivity contribution in [2.75, 3.05) is 51.4 Å². The third kappa shape index (κ3) is 13.4. The molecule has 6 heterocycles. The van der Waals surface area contributed by atoms with Crippen molar-refractivity contribution in [3.05, 3.63) is 84.0 Å². The summed E-state index contributed by atoms with van der Waals surface area (Å²) in [6, 6.07) is 12.0. The Hall–Kier alpha value is -6.55. The van der Waals surface area contributed by atoms with Crippen LogP contribution in [-0.2, 0) is 35.2 Å². The molecule has 0 bridgehead atoms. The first kappa shape index (κ1) is 51.3. The Kier molecular flexibility index (Phi) is 17.1. The summed E-state index contributed by atoms with van der Waals surface area (Å²) in [6.45, 7) is 9.50. The maximum Gasteiger partial charge on any atom is 0.257 e. The average molecular weight is 984 g/mol. The monoisotopic (exact) mass is 983 g/mol. The van der Waals surface area contributed by atoms with Crippen molar-refractivity contribution in [2.24, 2.45) is 11.3 Å². The number of fused-ring (bicyclic) bond motifs is 1. The summed E-state index contributed by atoms with van der Waals surface area (Å²) in [6.07, 6.45) is 3.02. The molecule has 0 saturated carbocycles. The SMILES string of the molecule is Cc1ncsc1-c1ccc([C@H](C)NC(=O)[C@@H]2C[C@@H](O)CN2C(=O)[C@@H](CC(=O)COCCOCCNC(=O)CCNc2nccc(-c3cn(CC(F)F)nc3-c3cnc4[nH]ccc4c3)n2)C(C)(C)C)cc1. The van der Waals surface area contributed by atoms with Gasteiger partial charge in [0, 0.05) is 86.1 Å². The Morgan fingerprint density at radius 1 is 1.00 bits per heavy atom. The maximum absolute atomic E-state index is 14.1. The molecule has 0 radical (unpaired) electrons. The molecule has 5 aromatic heterocycles. The lowest BCUT2D eigenvalue weighted by molar-refractivity contribution is -0.147. The highest BCUT2D eigenvalue weighted by atomic mass is 32.1. The van der Waals surface area contributed by atoms with Crippen LogP contribution in [-0.4, -0.2) is 133 Å². The van der Waals surface area contributed by atoms with Gasteiger partial charge in [0.2, 0.25) is 23.7 Å². The molecular formula is C49H59F2N11O7S. The van der Waals surface area contributed by atoms with E-state index in [4.69, 9.17) is 9.47 Å². The van der Waals surface area contributed by atoms with Crippen LogP contribution in [0, 0.1) is 18.3 Å². The van der Waals surface area contributed by atoms with Gasteiger partial charge in [-0.25, -0.2) is 28.7 Å². The van der Waals surface area contributed by atoms with Crippen LogP contribution < -0.4 is 16.0 Å². The lowest BCUT2D eigenvalue weighted by atomic mass is 9.77. The predicted molar refractivity (Wildman–Crippen MR) is 260 cm³/mol. The Labute approximate surface area is 408 Å². The summed E-state index contributed by atoms with van der Waals surface area (Å²) in [7, 11) is 0. The van der Waals surface area contributed by atoms with E-state index in [1.807, 2.05) is 71.0 Å². The number of anilines is 1. The number of ketones is 1. The first-order valence-corrected chi connectivity index (χ1v) is 24.0. The number of nitrogens with one attached hydrogen (secondary N) is 4. The number of aliphatic hydroxyl groups is 1. The summed E-state index contributed by atoms with van der Waals surface area (Å²) in [5.74, 6) is -1.80. The molecule has 5 N–H and O–H groups in total. The van der Waals surface area contributed by atoms with Gasteiger partial charge in [-0.2, -0.15) is 5.10 Å². The molecule has 372 valence electrons. The van der Waals surface area contributed by atoms with E-state index in [0.29, 0.717) is 28.2 Å². The van der Waals surface area contributed by atoms with Crippen molar-refractivity contribution in [3.63, 3.8) is 0 Å². The van der Waals surface area contributed by atoms with Crippen molar-refractivity contribution in [1.82, 2.24) is 50.2 Å². The number of β-amino-alcohol motifs (C(OH)–C–C–N with tert-alkyl or cyclic N) is 1. The van der Waals surface area contributed by atoms with Crippen LogP contribution in [0.3, 0.4) is 0 Å². The van der Waals surface area contributed by atoms with Crippen molar-refractivity contribution in [2.45, 2.75) is 85.0 Å². The molecule has 0 aliphatic carbocycles. The topological polar surface area (TPSA) is 231 Å². The number of likely N-dealkylation sites (tertiary alicyclic amines) is 1. The number of aromatic amines is 1. The van der Waals surface area contributed by atoms with Gasteiger partial charge >= 0.3 is 0 Å². The summed E-state index contributed by atoms with van der Waals surface area (Å²) < 4.78 is 39.0. The van der Waals surface area contributed by atoms with Gasteiger partial charge in [0.05, 0.1) is 53.7 Å². The number of amides is 3. The van der Waals surface area contributed by atoms with Crippen LogP contribution in [0.2, 0.25) is 0 Å². The number of H-pyrrole nitrogens is 1. The number of rotatable bonds is 23. The largest absolute Gasteiger partial charge is 0.391 e. The van der Waals surface area contributed by atoms with Gasteiger partial charge in [-0.15, -0.1) is 11.3 Å². The zero-order valence-corrected chi connectivity index (χ0v) is 40.6. The first-order valence-electron chi connectivity index (χ1n) is 23.1. The zero-order chi connectivity index (χ0) is 50.0. The van der Waals surface area contributed by atoms with Crippen molar-refractivity contribution in [3.8, 4) is 33.0 Å². The minimum Gasteiger partial charge on any atom is -0.391 e. The molecule has 1 fully saturated rings. The first-order chi connectivity index (χ1) is 33.5. The number of ether oxygens (including phenoxy) is 2. The molecule has 21 heteroatoms. The Morgan fingerprint density at radius 2 is 1.79 bits per heavy atom. The van der Waals surface area contributed by atoms with Crippen molar-refractivity contribution >= 4 is 51.8 Å². The van der Waals surface area contributed by atoms with Gasteiger partial charge in [0.25, 0.3) is 6.43 Å². The van der Waals surface area contributed by atoms with Gasteiger partial charge in [-0.3, -0.25) is 23.9 Å². The second-order valence-electron chi connectivity index (χ2n) is 18.3. The number of thiazole rings is 1. The molecule has 0 unspecified atom stereocenters. The lowest BCUT2D eigenvalue weighted by Crippen LogP contribution is -2.50. The minimum absolute atomic E-state index is 0.0124. The van der Waals surface area contributed by atoms with E-state index in [1.54, 1.807) is 35.3 Å². The van der Waals surface area contributed by atoms with E-state index in [2.05, 4.69) is 46.0 Å². The highest BCUT2D eigenvalue weighted by Gasteiger charge is 2.44. The van der Waals surface area contributed by atoms with Gasteiger partial charge in [0.15, 0.2) is 5.78 Å². The number of nitrogens with zero attached hydrogens (tertiary/aromatic N) is 7. The third-order valence-corrected chi connectivity index (χ3v) is 12.9. The maximum atomic E-state index is 14.1. The fourth-order valence-electron chi connectivity index (χ4n) is 8.22. The normalized spacial score (nSPS) is 15.9. The highest BCUT2D eigenvalue weighted by Crippen LogP contribution is 2.35. The number of aliphatic hydroxyl groups excluding tert-OH is 1. The summed E-state index contributed by atoms with van der Waals surface area (Å²) in [5.41, 5.74) is 6.77. The zero-order valence-electron chi connectivity index (χ0n) is 39.8. The number of hydrogen-bond acceptors (Lipinski definition) is 14. The van der Waals surface area contributed by atoms with E-state index in [9.17, 15) is 33.1 Å². The van der Waals surface area contributed by atoms with Gasteiger partial charge in [0.1, 0.15) is 30.5 Å². The molecule has 1 saturated heterocycles. The van der Waals surface area contributed by atoms with Crippen LogP contribution in [0.15, 0.2) is 72.8 Å². The molecular weight excluding hydrogens is 925 g/mol. The molecule has 7 rings (SSSR count). The van der Waals surface area contributed by atoms with Gasteiger partial charge in [-0.05, 0) is 48.6 Å². The van der Waals surface area contributed by atoms with Gasteiger partial charge in [-0.1, -0.05) is 45.0 Å². The highest BCUT2D eigenvalue weighted by molar-refractivity contribution is 7.13. The quantitative estimate of drug-likeness (QED) is 0.0465. The number of alkyl halides is 2. The molecule has 1 aliphatic heterocycles. The smallest absolute Gasteiger partial charge is 0.257 e. The minimum atomic E-state index is -2.61. The number of benzene rings is 1. The van der Waals surface area contributed by atoms with E-state index in [-0.39, 0.29) is 101 Å². The second kappa shape index (κ2) is 23.4. The standard InChI is InChI=1S/C49H59F2N11O7S/c1-29(31-6-8-32(9-7-31)44-30(2)57-28-70-44)58-46(66)40-22-35(63)24-62(40)47(67)38(49(3,4)5)21-36(64)27-69-19-18-68-17-16-52-42(65)12-15-55-48-54-14-11-39(59-48)37-25-61(26-41(50)51)60-43(37)34-20-33-10-13-53-45(33)56-23-34/h6-11,13-14,20,23,25,28-29,35,38,40-41,63H,12,15-19,21-22,24,26-27H2,1-5H3,(H,52,65)(H,53,56)(H,58,66)(H,54,55,59)/t29-,35+,38+,40-/m0/s1. The van der Waals surface area contributed by atoms with Gasteiger partial charge < -0.3 is 40.4 Å². The van der Waals surface area contributed by atoms with E-state index in [0.717, 1.165) is 27.1 Å². The number of carbonyl (C=O) groups excluding carboxylic acids is 4. The molecule has 4 atom stereocenters. The van der Waals surface area contributed by atoms with Crippen LogP contribution >= 0.6 is 11.3 Å². The van der Waals surface area contributed by atoms with E-state index >= 15 is 0 Å². The third-order valence-electron chi connectivity index (χ3n) is 11.9. The van der Waals surface area contributed by atoms with Crippen LogP contribution in [0.25, 0.3) is 44.0 Å². The lowest BCUT2D eigenvalue weighted by Gasteiger charge is -2.35. The Bertz CT molecular complexity index is 2740. The molecule has 6 aromatic rings. The summed E-state index contributed by atoms with van der Waals surface area (Å²) in [4.78, 5) is 76.5. The number of pyridine rings is 1. The number of carbonyl (C=O) groups is 4. The molecule has 3 amide bonds. The number of hydrogen-bond donors (Lipinski definition) is 5. The molecule has 18 nitrogen and oxygen atoms in total. The van der Waals surface area contributed by atoms with Crippen molar-refractivity contribution < 1.29 is 42.5 Å². The number of Topliss-reactive ketones (excluding diaryl/α,β-unsaturated/α-hetero) is 1. The Balaban J connectivity index is 0.798. The van der Waals surface area contributed by atoms with E-state index < -0.39 is 36.4 Å². The number of aromatic nitrogens is 7. The summed E-state index contributed by atoms with van der Waals surface area (Å²) in [5, 5.41) is 24.7. The van der Waals surface area contributed by atoms with Crippen LogP contribution in [0.5, 0.6) is 0 Å². The second-order valence-corrected chi connectivity index (χ2v) is 19.1. The fourth-order valence-corrected chi connectivity index (χ4v) is 9.03. The summed E-state index contributed by atoms with van der Waals surface area (Å²) >= 11 is 1.56. The average Bonchev–Trinajstić information content (AvgIpc) is 4.15. The molecule has 0 spiro atoms. The molecule has 70 heavy (non-hydrogen) atoms. The predicted octanol–water partition coefficient (Wildman–Crippen LogP) is 5.99. The molecule has 1 aromatic carbocycles. The number of aryl methyl sites for hydroxylation is 1. The van der Waals surface area contributed by atoms with E-state index in [1.165, 1.54) is 22.0 Å². The Morgan fingerprint density at radius 3 is 2.53 bits per heavy atom. The van der Waals surface area contributed by atoms with Crippen LogP contribution in [0.1, 0.15) is 64.3 Å². The fraction of sp³-hybridized carbons (Fsp3) is 0.449. The van der Waals surface area contributed by atoms with Crippen molar-refractivity contribution in [1.29, 1.82) is 0 Å². The van der Waals surface area contributed by atoms with Crippen LogP contribution in [0.4, 0.5) is 14.7 Å². The molecule has 1 aliphatic rings.